The number of rotatable bonds is 2. The Labute approximate surface area is 123 Å². The quantitative estimate of drug-likeness (QED) is 0.796. The SMILES string of the molecule is CC(C)C1CCCC(O)(c2c(Cl)cccc2Br)C1. The van der Waals surface area contributed by atoms with Crippen molar-refractivity contribution in [3.63, 3.8) is 0 Å². The predicted molar refractivity (Wildman–Crippen MR) is 79.8 cm³/mol. The Hall–Kier alpha value is -0.0500. The predicted octanol–water partition coefficient (Wildman–Crippen LogP) is 5.14. The highest BCUT2D eigenvalue weighted by molar-refractivity contribution is 9.10. The molecule has 0 bridgehead atoms. The van der Waals surface area contributed by atoms with Crippen LogP contribution >= 0.6 is 27.5 Å². The molecule has 1 N–H and O–H groups in total. The van der Waals surface area contributed by atoms with Gasteiger partial charge in [-0.15, -0.1) is 0 Å². The average Bonchev–Trinajstić information content (AvgIpc) is 2.28. The van der Waals surface area contributed by atoms with Gasteiger partial charge in [-0.2, -0.15) is 0 Å². The van der Waals surface area contributed by atoms with Crippen LogP contribution in [0.15, 0.2) is 22.7 Å². The third kappa shape index (κ3) is 2.76. The lowest BCUT2D eigenvalue weighted by atomic mass is 9.71. The second kappa shape index (κ2) is 5.52. The first kappa shape index (κ1) is 14.4. The molecule has 0 spiro atoms. The topological polar surface area (TPSA) is 20.2 Å². The first-order valence-electron chi connectivity index (χ1n) is 6.61. The van der Waals surface area contributed by atoms with Crippen LogP contribution in [-0.4, -0.2) is 5.11 Å². The normalized spacial score (nSPS) is 28.7. The molecule has 0 aliphatic heterocycles. The summed E-state index contributed by atoms with van der Waals surface area (Å²) in [5, 5.41) is 11.7. The molecule has 0 heterocycles. The van der Waals surface area contributed by atoms with Crippen molar-refractivity contribution in [3.8, 4) is 0 Å². The van der Waals surface area contributed by atoms with Crippen LogP contribution in [0.4, 0.5) is 0 Å². The Morgan fingerprint density at radius 1 is 1.44 bits per heavy atom. The van der Waals surface area contributed by atoms with Gasteiger partial charge in [-0.25, -0.2) is 0 Å². The molecule has 1 saturated carbocycles. The summed E-state index contributed by atoms with van der Waals surface area (Å²) < 4.78 is 0.918. The zero-order valence-corrected chi connectivity index (χ0v) is 13.3. The molecule has 2 rings (SSSR count). The summed E-state index contributed by atoms with van der Waals surface area (Å²) in [7, 11) is 0. The molecule has 1 fully saturated rings. The second-order valence-corrected chi connectivity index (χ2v) is 6.99. The zero-order valence-electron chi connectivity index (χ0n) is 10.9. The zero-order chi connectivity index (χ0) is 13.3. The van der Waals surface area contributed by atoms with Crippen LogP contribution in [0, 0.1) is 11.8 Å². The summed E-state index contributed by atoms with van der Waals surface area (Å²) >= 11 is 9.82. The standard InChI is InChI=1S/C15H20BrClO/c1-10(2)11-5-4-8-15(18,9-11)14-12(16)6-3-7-13(14)17/h3,6-7,10-11,18H,4-5,8-9H2,1-2H3. The average molecular weight is 332 g/mol. The molecule has 18 heavy (non-hydrogen) atoms. The summed E-state index contributed by atoms with van der Waals surface area (Å²) in [5.41, 5.74) is 0.0988. The van der Waals surface area contributed by atoms with E-state index in [2.05, 4.69) is 29.8 Å². The van der Waals surface area contributed by atoms with E-state index in [1.807, 2.05) is 18.2 Å². The fraction of sp³-hybridized carbons (Fsp3) is 0.600. The van der Waals surface area contributed by atoms with Crippen molar-refractivity contribution >= 4 is 27.5 Å². The van der Waals surface area contributed by atoms with Crippen molar-refractivity contribution in [1.29, 1.82) is 0 Å². The van der Waals surface area contributed by atoms with E-state index in [0.29, 0.717) is 16.9 Å². The highest BCUT2D eigenvalue weighted by atomic mass is 79.9. The molecule has 1 aromatic carbocycles. The molecule has 1 aromatic rings. The van der Waals surface area contributed by atoms with Crippen molar-refractivity contribution < 1.29 is 5.11 Å². The maximum atomic E-state index is 11.0. The highest BCUT2D eigenvalue weighted by Crippen LogP contribution is 2.46. The molecule has 3 heteroatoms. The molecule has 1 aliphatic carbocycles. The number of hydrogen-bond acceptors (Lipinski definition) is 1. The number of benzene rings is 1. The molecule has 2 atom stereocenters. The van der Waals surface area contributed by atoms with Gasteiger partial charge in [0.15, 0.2) is 0 Å². The molecule has 0 amide bonds. The van der Waals surface area contributed by atoms with Gasteiger partial charge < -0.3 is 5.11 Å². The lowest BCUT2D eigenvalue weighted by molar-refractivity contribution is -0.0300. The Balaban J connectivity index is 2.36. The number of aliphatic hydroxyl groups is 1. The molecule has 0 saturated heterocycles. The van der Waals surface area contributed by atoms with Gasteiger partial charge in [0.1, 0.15) is 0 Å². The van der Waals surface area contributed by atoms with Gasteiger partial charge in [-0.3, -0.25) is 0 Å². The molecule has 0 radical (unpaired) electrons. The molecule has 2 unspecified atom stereocenters. The summed E-state index contributed by atoms with van der Waals surface area (Å²) in [4.78, 5) is 0. The van der Waals surface area contributed by atoms with E-state index >= 15 is 0 Å². The molecular formula is C15H20BrClO. The maximum absolute atomic E-state index is 11.0. The summed E-state index contributed by atoms with van der Waals surface area (Å²) in [5.74, 6) is 1.19. The van der Waals surface area contributed by atoms with Crippen molar-refractivity contribution in [2.75, 3.05) is 0 Å². The minimum Gasteiger partial charge on any atom is -0.385 e. The van der Waals surface area contributed by atoms with Gasteiger partial charge >= 0.3 is 0 Å². The lowest BCUT2D eigenvalue weighted by Crippen LogP contribution is -2.35. The molecule has 0 aromatic heterocycles. The molecule has 100 valence electrons. The summed E-state index contributed by atoms with van der Waals surface area (Å²) in [6.07, 6.45) is 3.89. The van der Waals surface area contributed by atoms with Gasteiger partial charge in [-0.1, -0.05) is 47.4 Å². The van der Waals surface area contributed by atoms with Crippen LogP contribution in [0.25, 0.3) is 0 Å². The number of halogens is 2. The van der Waals surface area contributed by atoms with Crippen molar-refractivity contribution in [2.24, 2.45) is 11.8 Å². The van der Waals surface area contributed by atoms with Crippen LogP contribution in [0.3, 0.4) is 0 Å². The minimum absolute atomic E-state index is 0.576. The Bertz CT molecular complexity index is 412. The smallest absolute Gasteiger partial charge is 0.0924 e. The van der Waals surface area contributed by atoms with E-state index in [1.165, 1.54) is 6.42 Å². The monoisotopic (exact) mass is 330 g/mol. The van der Waals surface area contributed by atoms with Gasteiger partial charge in [0.2, 0.25) is 0 Å². The fourth-order valence-electron chi connectivity index (χ4n) is 3.03. The van der Waals surface area contributed by atoms with Crippen LogP contribution in [0.5, 0.6) is 0 Å². The minimum atomic E-state index is -0.773. The van der Waals surface area contributed by atoms with E-state index in [-0.39, 0.29) is 0 Å². The highest BCUT2D eigenvalue weighted by Gasteiger charge is 2.39. The molecular weight excluding hydrogens is 312 g/mol. The van der Waals surface area contributed by atoms with Crippen molar-refractivity contribution in [2.45, 2.75) is 45.1 Å². The van der Waals surface area contributed by atoms with Crippen molar-refractivity contribution in [3.05, 3.63) is 33.3 Å². The molecule has 1 nitrogen and oxygen atoms in total. The van der Waals surface area contributed by atoms with E-state index in [9.17, 15) is 5.11 Å². The Morgan fingerprint density at radius 3 is 2.78 bits per heavy atom. The fourth-order valence-corrected chi connectivity index (χ4v) is 4.23. The van der Waals surface area contributed by atoms with Crippen LogP contribution < -0.4 is 0 Å². The number of hydrogen-bond donors (Lipinski definition) is 1. The van der Waals surface area contributed by atoms with E-state index in [1.54, 1.807) is 0 Å². The third-order valence-electron chi connectivity index (χ3n) is 4.14. The van der Waals surface area contributed by atoms with Crippen molar-refractivity contribution in [1.82, 2.24) is 0 Å². The van der Waals surface area contributed by atoms with Crippen LogP contribution in [-0.2, 0) is 5.60 Å². The van der Waals surface area contributed by atoms with Gasteiger partial charge in [0.05, 0.1) is 5.60 Å². The summed E-state index contributed by atoms with van der Waals surface area (Å²) in [6.45, 7) is 4.47. The second-order valence-electron chi connectivity index (χ2n) is 5.73. The van der Waals surface area contributed by atoms with E-state index in [4.69, 9.17) is 11.6 Å². The first-order chi connectivity index (χ1) is 8.44. The first-order valence-corrected chi connectivity index (χ1v) is 7.78. The lowest BCUT2D eigenvalue weighted by Gasteiger charge is -2.39. The van der Waals surface area contributed by atoms with E-state index in [0.717, 1.165) is 29.3 Å². The Morgan fingerprint density at radius 2 is 2.17 bits per heavy atom. The van der Waals surface area contributed by atoms with Gasteiger partial charge in [0, 0.05) is 15.1 Å². The Kier molecular flexibility index (Phi) is 4.40. The van der Waals surface area contributed by atoms with Crippen LogP contribution in [0.1, 0.15) is 45.1 Å². The summed E-state index contributed by atoms with van der Waals surface area (Å²) in [6, 6.07) is 5.72. The molecule has 1 aliphatic rings. The van der Waals surface area contributed by atoms with E-state index < -0.39 is 5.60 Å². The third-order valence-corrected chi connectivity index (χ3v) is 5.11. The largest absolute Gasteiger partial charge is 0.385 e. The van der Waals surface area contributed by atoms with Gasteiger partial charge in [-0.05, 0) is 49.7 Å². The van der Waals surface area contributed by atoms with Gasteiger partial charge in [0.25, 0.3) is 0 Å². The maximum Gasteiger partial charge on any atom is 0.0924 e. The van der Waals surface area contributed by atoms with Crippen LogP contribution in [0.2, 0.25) is 5.02 Å².